The monoisotopic (exact) mass is 248 g/mol. The third kappa shape index (κ3) is 3.44. The lowest BCUT2D eigenvalue weighted by Crippen LogP contribution is -2.22. The quantitative estimate of drug-likeness (QED) is 0.767. The van der Waals surface area contributed by atoms with Gasteiger partial charge in [-0.05, 0) is 42.0 Å². The third-order valence-corrected chi connectivity index (χ3v) is 3.28. The topological polar surface area (TPSA) is 17.1 Å². The van der Waals surface area contributed by atoms with Crippen LogP contribution in [0.5, 0.6) is 0 Å². The summed E-state index contributed by atoms with van der Waals surface area (Å²) in [5, 5.41) is 0.754. The van der Waals surface area contributed by atoms with E-state index < -0.39 is 0 Å². The molecular formula is C15H17ClO. The van der Waals surface area contributed by atoms with Gasteiger partial charge < -0.3 is 0 Å². The molecule has 0 N–H and O–H groups in total. The summed E-state index contributed by atoms with van der Waals surface area (Å²) < 4.78 is 0. The Hall–Kier alpha value is -1.08. The average Bonchev–Trinajstić information content (AvgIpc) is 2.13. The lowest BCUT2D eigenvalue weighted by Gasteiger charge is -2.28. The predicted molar refractivity (Wildman–Crippen MR) is 71.3 cm³/mol. The normalized spacial score (nSPS) is 19.0. The molecule has 1 nitrogen and oxygen atoms in total. The number of hydrogen-bond donors (Lipinski definition) is 0. The van der Waals surface area contributed by atoms with Gasteiger partial charge in [-0.1, -0.05) is 43.2 Å². The zero-order valence-electron chi connectivity index (χ0n) is 10.3. The summed E-state index contributed by atoms with van der Waals surface area (Å²) in [6.45, 7) is 4.30. The van der Waals surface area contributed by atoms with Crippen LogP contribution in [0, 0.1) is 5.41 Å². The maximum Gasteiger partial charge on any atom is 0.156 e. The first-order valence-electron chi connectivity index (χ1n) is 5.91. The fourth-order valence-corrected chi connectivity index (χ4v) is 2.71. The van der Waals surface area contributed by atoms with Crippen molar-refractivity contribution in [2.75, 3.05) is 0 Å². The highest BCUT2D eigenvalue weighted by atomic mass is 35.5. The second kappa shape index (κ2) is 4.66. The van der Waals surface area contributed by atoms with Gasteiger partial charge in [0.05, 0.1) is 0 Å². The standard InChI is InChI=1S/C15H17ClO/c1-15(2)9-12(8-14(17)10-15)6-11-4-3-5-13(16)7-11/h3-5,7-8H,6,9-10H2,1-2H3. The smallest absolute Gasteiger partial charge is 0.156 e. The highest BCUT2D eigenvalue weighted by Crippen LogP contribution is 2.34. The molecule has 0 radical (unpaired) electrons. The summed E-state index contributed by atoms with van der Waals surface area (Å²) in [6, 6.07) is 7.84. The number of benzene rings is 1. The molecule has 0 saturated heterocycles. The van der Waals surface area contributed by atoms with Gasteiger partial charge >= 0.3 is 0 Å². The Morgan fingerprint density at radius 1 is 1.29 bits per heavy atom. The minimum atomic E-state index is 0.0970. The first-order valence-corrected chi connectivity index (χ1v) is 6.29. The molecule has 0 atom stereocenters. The SMILES string of the molecule is CC1(C)CC(=O)C=C(Cc2cccc(Cl)c2)C1. The Balaban J connectivity index is 2.16. The summed E-state index contributed by atoms with van der Waals surface area (Å²) in [6.07, 6.45) is 4.29. The second-order valence-electron chi connectivity index (χ2n) is 5.59. The Bertz CT molecular complexity index is 472. The van der Waals surface area contributed by atoms with Crippen molar-refractivity contribution in [1.82, 2.24) is 0 Å². The van der Waals surface area contributed by atoms with E-state index in [1.807, 2.05) is 24.3 Å². The van der Waals surface area contributed by atoms with E-state index in [9.17, 15) is 4.79 Å². The summed E-state index contributed by atoms with van der Waals surface area (Å²) in [4.78, 5) is 11.6. The van der Waals surface area contributed by atoms with Crippen molar-refractivity contribution in [3.63, 3.8) is 0 Å². The van der Waals surface area contributed by atoms with E-state index in [0.717, 1.165) is 17.9 Å². The van der Waals surface area contributed by atoms with E-state index in [-0.39, 0.29) is 11.2 Å². The molecule has 0 spiro atoms. The van der Waals surface area contributed by atoms with Gasteiger partial charge in [0.2, 0.25) is 0 Å². The van der Waals surface area contributed by atoms with Crippen LogP contribution < -0.4 is 0 Å². The Morgan fingerprint density at radius 3 is 2.71 bits per heavy atom. The van der Waals surface area contributed by atoms with E-state index in [1.165, 1.54) is 11.1 Å². The summed E-state index contributed by atoms with van der Waals surface area (Å²) in [7, 11) is 0. The van der Waals surface area contributed by atoms with Crippen LogP contribution in [0.25, 0.3) is 0 Å². The summed E-state index contributed by atoms with van der Waals surface area (Å²) in [5.74, 6) is 0.248. The molecule has 1 aliphatic rings. The van der Waals surface area contributed by atoms with Crippen LogP contribution in [0.3, 0.4) is 0 Å². The molecule has 0 amide bonds. The number of carbonyl (C=O) groups is 1. The maximum absolute atomic E-state index is 11.6. The summed E-state index contributed by atoms with van der Waals surface area (Å²) >= 11 is 5.96. The molecule has 0 bridgehead atoms. The van der Waals surface area contributed by atoms with Crippen LogP contribution in [0.4, 0.5) is 0 Å². The van der Waals surface area contributed by atoms with Crippen LogP contribution in [-0.4, -0.2) is 5.78 Å². The summed E-state index contributed by atoms with van der Waals surface area (Å²) in [5.41, 5.74) is 2.49. The Kier molecular flexibility index (Phi) is 3.39. The van der Waals surface area contributed by atoms with Crippen molar-refractivity contribution < 1.29 is 4.79 Å². The van der Waals surface area contributed by atoms with Gasteiger partial charge in [-0.25, -0.2) is 0 Å². The molecule has 0 aromatic heterocycles. The van der Waals surface area contributed by atoms with Crippen molar-refractivity contribution in [3.8, 4) is 0 Å². The molecule has 1 aliphatic carbocycles. The lowest BCUT2D eigenvalue weighted by atomic mass is 9.75. The van der Waals surface area contributed by atoms with Gasteiger partial charge in [0, 0.05) is 11.4 Å². The number of allylic oxidation sites excluding steroid dienone is 2. The van der Waals surface area contributed by atoms with E-state index in [0.29, 0.717) is 6.42 Å². The van der Waals surface area contributed by atoms with Crippen LogP contribution in [-0.2, 0) is 11.2 Å². The van der Waals surface area contributed by atoms with Gasteiger partial charge in [0.15, 0.2) is 5.78 Å². The van der Waals surface area contributed by atoms with Gasteiger partial charge in [0.25, 0.3) is 0 Å². The van der Waals surface area contributed by atoms with Crippen LogP contribution in [0.15, 0.2) is 35.9 Å². The lowest BCUT2D eigenvalue weighted by molar-refractivity contribution is -0.117. The second-order valence-corrected chi connectivity index (χ2v) is 6.03. The molecule has 90 valence electrons. The Labute approximate surface area is 107 Å². The van der Waals surface area contributed by atoms with E-state index in [4.69, 9.17) is 11.6 Å². The first kappa shape index (κ1) is 12.4. The fraction of sp³-hybridized carbons (Fsp3) is 0.400. The molecular weight excluding hydrogens is 232 g/mol. The van der Waals surface area contributed by atoms with Crippen molar-refractivity contribution in [3.05, 3.63) is 46.5 Å². The first-order chi connectivity index (χ1) is 7.94. The van der Waals surface area contributed by atoms with Crippen LogP contribution >= 0.6 is 11.6 Å². The molecule has 0 fully saturated rings. The zero-order valence-corrected chi connectivity index (χ0v) is 11.1. The molecule has 0 aliphatic heterocycles. The van der Waals surface area contributed by atoms with E-state index >= 15 is 0 Å². The van der Waals surface area contributed by atoms with Crippen molar-refractivity contribution >= 4 is 17.4 Å². The van der Waals surface area contributed by atoms with Crippen molar-refractivity contribution in [2.24, 2.45) is 5.41 Å². The zero-order chi connectivity index (χ0) is 12.5. The van der Waals surface area contributed by atoms with Crippen molar-refractivity contribution in [2.45, 2.75) is 33.1 Å². The minimum Gasteiger partial charge on any atom is -0.295 e. The molecule has 1 aromatic rings. The van der Waals surface area contributed by atoms with E-state index in [1.54, 1.807) is 0 Å². The fourth-order valence-electron chi connectivity index (χ4n) is 2.50. The predicted octanol–water partition coefficient (Wildman–Crippen LogP) is 4.20. The van der Waals surface area contributed by atoms with E-state index in [2.05, 4.69) is 19.9 Å². The maximum atomic E-state index is 11.6. The average molecular weight is 249 g/mol. The number of halogens is 1. The molecule has 17 heavy (non-hydrogen) atoms. The van der Waals surface area contributed by atoms with Crippen molar-refractivity contribution in [1.29, 1.82) is 0 Å². The van der Waals surface area contributed by atoms with Gasteiger partial charge in [0.1, 0.15) is 0 Å². The van der Waals surface area contributed by atoms with Crippen LogP contribution in [0.1, 0.15) is 32.3 Å². The van der Waals surface area contributed by atoms with Gasteiger partial charge in [-0.15, -0.1) is 0 Å². The molecule has 2 rings (SSSR count). The van der Waals surface area contributed by atoms with Gasteiger partial charge in [-0.3, -0.25) is 4.79 Å². The Morgan fingerprint density at radius 2 is 2.06 bits per heavy atom. The highest BCUT2D eigenvalue weighted by Gasteiger charge is 2.27. The number of carbonyl (C=O) groups excluding carboxylic acids is 1. The number of rotatable bonds is 2. The molecule has 0 heterocycles. The van der Waals surface area contributed by atoms with Crippen LogP contribution in [0.2, 0.25) is 5.02 Å². The molecule has 0 unspecified atom stereocenters. The van der Waals surface area contributed by atoms with Gasteiger partial charge in [-0.2, -0.15) is 0 Å². The number of hydrogen-bond acceptors (Lipinski definition) is 1. The molecule has 2 heteroatoms. The minimum absolute atomic E-state index is 0.0970. The highest BCUT2D eigenvalue weighted by molar-refractivity contribution is 6.30. The third-order valence-electron chi connectivity index (χ3n) is 3.04. The number of ketones is 1. The largest absolute Gasteiger partial charge is 0.295 e. The molecule has 1 aromatic carbocycles. The molecule has 0 saturated carbocycles.